The highest BCUT2D eigenvalue weighted by Gasteiger charge is 2.22. The smallest absolute Gasteiger partial charge is 0.0633 e. The molecule has 0 saturated heterocycles. The Morgan fingerprint density at radius 2 is 1.26 bits per heavy atom. The summed E-state index contributed by atoms with van der Waals surface area (Å²) in [5, 5.41) is 18.4. The fraction of sp³-hybridized carbons (Fsp3) is 0.700. The van der Waals surface area contributed by atoms with Gasteiger partial charge in [-0.25, -0.2) is 0 Å². The van der Waals surface area contributed by atoms with Gasteiger partial charge in [-0.05, 0) is 36.8 Å². The lowest BCUT2D eigenvalue weighted by molar-refractivity contribution is 0.115. The third kappa shape index (κ3) is 8.50. The van der Waals surface area contributed by atoms with Crippen LogP contribution in [0.25, 0.3) is 0 Å². The molecule has 0 unspecified atom stereocenters. The van der Waals surface area contributed by atoms with Crippen LogP contribution in [0.5, 0.6) is 0 Å². The molecule has 1 aromatic carbocycles. The molecule has 3 nitrogen and oxygen atoms in total. The highest BCUT2D eigenvalue weighted by Crippen LogP contribution is 2.15. The van der Waals surface area contributed by atoms with E-state index in [-0.39, 0.29) is 13.2 Å². The number of aliphatic hydroxyl groups excluding tert-OH is 2. The van der Waals surface area contributed by atoms with E-state index in [4.69, 9.17) is 5.73 Å². The molecule has 0 aromatic heterocycles. The molecule has 0 aliphatic carbocycles. The number of aryl methyl sites for hydroxylation is 2. The second-order valence-electron chi connectivity index (χ2n) is 6.87. The third-order valence-electron chi connectivity index (χ3n) is 4.63. The monoisotopic (exact) mass is 321 g/mol. The Kier molecular flexibility index (Phi) is 10.2. The van der Waals surface area contributed by atoms with Crippen LogP contribution in [0.1, 0.15) is 69.4 Å². The number of unbranched alkanes of at least 4 members (excludes halogenated alkanes) is 6. The van der Waals surface area contributed by atoms with E-state index >= 15 is 0 Å². The summed E-state index contributed by atoms with van der Waals surface area (Å²) in [5.74, 6) is 0. The summed E-state index contributed by atoms with van der Waals surface area (Å²) in [6.07, 6.45) is 11.9. The van der Waals surface area contributed by atoms with Crippen molar-refractivity contribution in [3.05, 3.63) is 35.4 Å². The van der Waals surface area contributed by atoms with Gasteiger partial charge in [-0.1, -0.05) is 69.7 Å². The maximum absolute atomic E-state index is 9.21. The zero-order valence-corrected chi connectivity index (χ0v) is 14.8. The van der Waals surface area contributed by atoms with Gasteiger partial charge in [0.2, 0.25) is 0 Å². The van der Waals surface area contributed by atoms with E-state index in [2.05, 4.69) is 31.2 Å². The van der Waals surface area contributed by atoms with E-state index in [1.807, 2.05) is 0 Å². The Bertz CT molecular complexity index is 399. The average molecular weight is 322 g/mol. The van der Waals surface area contributed by atoms with Crippen molar-refractivity contribution in [3.8, 4) is 0 Å². The van der Waals surface area contributed by atoms with Gasteiger partial charge in [-0.15, -0.1) is 0 Å². The molecule has 0 amide bonds. The van der Waals surface area contributed by atoms with E-state index in [0.717, 1.165) is 12.8 Å². The lowest BCUT2D eigenvalue weighted by Crippen LogP contribution is -2.47. The van der Waals surface area contributed by atoms with Gasteiger partial charge in [0.25, 0.3) is 0 Å². The third-order valence-corrected chi connectivity index (χ3v) is 4.63. The van der Waals surface area contributed by atoms with Crippen LogP contribution in [-0.4, -0.2) is 29.0 Å². The Balaban J connectivity index is 2.23. The summed E-state index contributed by atoms with van der Waals surface area (Å²) < 4.78 is 0. The quantitative estimate of drug-likeness (QED) is 0.486. The van der Waals surface area contributed by atoms with Crippen LogP contribution in [0, 0.1) is 0 Å². The van der Waals surface area contributed by atoms with Gasteiger partial charge in [0, 0.05) is 0 Å². The fourth-order valence-electron chi connectivity index (χ4n) is 2.76. The minimum atomic E-state index is -0.865. The maximum atomic E-state index is 9.21. The first kappa shape index (κ1) is 20.1. The van der Waals surface area contributed by atoms with E-state index in [9.17, 15) is 10.2 Å². The predicted octanol–water partition coefficient (Wildman–Crippen LogP) is 3.59. The number of aliphatic hydroxyl groups is 2. The lowest BCUT2D eigenvalue weighted by atomic mass is 9.93. The van der Waals surface area contributed by atoms with Gasteiger partial charge in [-0.2, -0.15) is 0 Å². The van der Waals surface area contributed by atoms with E-state index < -0.39 is 5.54 Å². The first-order chi connectivity index (χ1) is 11.1. The van der Waals surface area contributed by atoms with Crippen molar-refractivity contribution in [1.82, 2.24) is 0 Å². The molecule has 132 valence electrons. The van der Waals surface area contributed by atoms with E-state index in [1.54, 1.807) is 0 Å². The van der Waals surface area contributed by atoms with Crippen LogP contribution in [0.15, 0.2) is 24.3 Å². The molecule has 0 atom stereocenters. The van der Waals surface area contributed by atoms with Crippen molar-refractivity contribution < 1.29 is 10.2 Å². The first-order valence-electron chi connectivity index (χ1n) is 9.22. The zero-order valence-electron chi connectivity index (χ0n) is 14.8. The van der Waals surface area contributed by atoms with Crippen molar-refractivity contribution in [2.75, 3.05) is 13.2 Å². The van der Waals surface area contributed by atoms with Gasteiger partial charge in [0.05, 0.1) is 18.8 Å². The van der Waals surface area contributed by atoms with Crippen LogP contribution in [0.2, 0.25) is 0 Å². The van der Waals surface area contributed by atoms with Crippen LogP contribution in [0.3, 0.4) is 0 Å². The average Bonchev–Trinajstić information content (AvgIpc) is 2.60. The summed E-state index contributed by atoms with van der Waals surface area (Å²) in [4.78, 5) is 0. The number of hydrogen-bond acceptors (Lipinski definition) is 3. The highest BCUT2D eigenvalue weighted by molar-refractivity contribution is 5.23. The Morgan fingerprint density at radius 3 is 1.78 bits per heavy atom. The SMILES string of the molecule is CCCCCCCCCc1ccc(CCC(N)(CO)CO)cc1. The second-order valence-corrected chi connectivity index (χ2v) is 6.87. The maximum Gasteiger partial charge on any atom is 0.0633 e. The number of nitrogens with two attached hydrogens (primary N) is 1. The number of rotatable bonds is 13. The molecule has 1 aromatic rings. The van der Waals surface area contributed by atoms with E-state index in [1.165, 1.54) is 56.1 Å². The van der Waals surface area contributed by atoms with Crippen molar-refractivity contribution in [3.63, 3.8) is 0 Å². The van der Waals surface area contributed by atoms with Gasteiger partial charge in [0.15, 0.2) is 0 Å². The van der Waals surface area contributed by atoms with Crippen molar-refractivity contribution >= 4 is 0 Å². The topological polar surface area (TPSA) is 66.5 Å². The van der Waals surface area contributed by atoms with E-state index in [0.29, 0.717) is 6.42 Å². The molecule has 0 aliphatic rings. The lowest BCUT2D eigenvalue weighted by Gasteiger charge is -2.24. The molecular formula is C20H35NO2. The summed E-state index contributed by atoms with van der Waals surface area (Å²) in [5.41, 5.74) is 7.64. The van der Waals surface area contributed by atoms with Gasteiger partial charge < -0.3 is 15.9 Å². The normalized spacial score (nSPS) is 11.8. The molecular weight excluding hydrogens is 286 g/mol. The number of hydrogen-bond donors (Lipinski definition) is 3. The summed E-state index contributed by atoms with van der Waals surface area (Å²) in [7, 11) is 0. The molecule has 3 heteroatoms. The van der Waals surface area contributed by atoms with Gasteiger partial charge in [0.1, 0.15) is 0 Å². The minimum Gasteiger partial charge on any atom is -0.394 e. The van der Waals surface area contributed by atoms with Crippen molar-refractivity contribution in [2.45, 2.75) is 76.7 Å². The molecule has 1 rings (SSSR count). The van der Waals surface area contributed by atoms with Crippen LogP contribution >= 0.6 is 0 Å². The fourth-order valence-corrected chi connectivity index (χ4v) is 2.76. The minimum absolute atomic E-state index is 0.181. The molecule has 0 fully saturated rings. The highest BCUT2D eigenvalue weighted by atomic mass is 16.3. The second kappa shape index (κ2) is 11.6. The molecule has 4 N–H and O–H groups in total. The first-order valence-corrected chi connectivity index (χ1v) is 9.22. The molecule has 23 heavy (non-hydrogen) atoms. The number of benzene rings is 1. The van der Waals surface area contributed by atoms with Crippen LogP contribution in [-0.2, 0) is 12.8 Å². The molecule has 0 bridgehead atoms. The Hall–Kier alpha value is -0.900. The zero-order chi connectivity index (χ0) is 17.0. The Labute approximate surface area is 141 Å². The Morgan fingerprint density at radius 1 is 0.783 bits per heavy atom. The summed E-state index contributed by atoms with van der Waals surface area (Å²) in [6.45, 7) is 1.89. The molecule has 0 spiro atoms. The molecule has 0 radical (unpaired) electrons. The summed E-state index contributed by atoms with van der Waals surface area (Å²) >= 11 is 0. The van der Waals surface area contributed by atoms with Crippen molar-refractivity contribution in [1.29, 1.82) is 0 Å². The van der Waals surface area contributed by atoms with Gasteiger partial charge >= 0.3 is 0 Å². The van der Waals surface area contributed by atoms with Crippen LogP contribution in [0.4, 0.5) is 0 Å². The molecule has 0 saturated carbocycles. The van der Waals surface area contributed by atoms with Gasteiger partial charge in [-0.3, -0.25) is 0 Å². The molecule has 0 aliphatic heterocycles. The largest absolute Gasteiger partial charge is 0.394 e. The molecule has 0 heterocycles. The summed E-state index contributed by atoms with van der Waals surface area (Å²) in [6, 6.07) is 8.68. The van der Waals surface area contributed by atoms with Crippen LogP contribution < -0.4 is 5.73 Å². The van der Waals surface area contributed by atoms with Crippen molar-refractivity contribution in [2.24, 2.45) is 5.73 Å². The standard InChI is InChI=1S/C20H35NO2/c1-2-3-4-5-6-7-8-9-18-10-12-19(13-11-18)14-15-20(21,16-22)17-23/h10-13,22-23H,2-9,14-17,21H2,1H3. The predicted molar refractivity (Wildman–Crippen MR) is 97.6 cm³/mol.